The topological polar surface area (TPSA) is 31.9 Å². The van der Waals surface area contributed by atoms with Crippen LogP contribution in [0.4, 0.5) is 0 Å². The number of aromatic nitrogens is 2. The fraction of sp³-hybridized carbons (Fsp3) is 0.357. The number of aromatic amines is 1. The van der Waals surface area contributed by atoms with Crippen LogP contribution in [0.25, 0.3) is 17.1 Å². The minimum Gasteiger partial charge on any atom is -0.346 e. The van der Waals surface area contributed by atoms with Crippen LogP contribution >= 0.6 is 11.8 Å². The second-order valence-electron chi connectivity index (χ2n) is 4.87. The fourth-order valence-corrected chi connectivity index (χ4v) is 3.33. The van der Waals surface area contributed by atoms with E-state index in [-0.39, 0.29) is 0 Å². The summed E-state index contributed by atoms with van der Waals surface area (Å²) in [6, 6.07) is 4.72. The summed E-state index contributed by atoms with van der Waals surface area (Å²) in [5.74, 6) is 1.10. The van der Waals surface area contributed by atoms with Gasteiger partial charge in [0.1, 0.15) is 5.65 Å². The smallest absolute Gasteiger partial charge is 0.137 e. The van der Waals surface area contributed by atoms with E-state index < -0.39 is 0 Å². The van der Waals surface area contributed by atoms with Crippen LogP contribution in [0.15, 0.2) is 29.4 Å². The van der Waals surface area contributed by atoms with E-state index in [1.54, 1.807) is 0 Å². The summed E-state index contributed by atoms with van der Waals surface area (Å²) in [5.41, 5.74) is 2.21. The summed E-state index contributed by atoms with van der Waals surface area (Å²) >= 11 is 1.94. The van der Waals surface area contributed by atoms with Gasteiger partial charge < -0.3 is 4.98 Å². The molecule has 0 aromatic carbocycles. The number of nitrogens with one attached hydrogen (secondary N) is 1. The van der Waals surface area contributed by atoms with Gasteiger partial charge in [-0.1, -0.05) is 0 Å². The van der Waals surface area contributed by atoms with Gasteiger partial charge in [0, 0.05) is 46.7 Å². The van der Waals surface area contributed by atoms with Crippen molar-refractivity contribution in [3.05, 3.63) is 35.0 Å². The molecule has 3 nitrogen and oxygen atoms in total. The first kappa shape index (κ1) is 11.8. The third kappa shape index (κ3) is 2.18. The fourth-order valence-electron chi connectivity index (χ4n) is 2.15. The van der Waals surface area contributed by atoms with Gasteiger partial charge in [0.05, 0.1) is 0 Å². The van der Waals surface area contributed by atoms with E-state index in [9.17, 15) is 0 Å². The summed E-state index contributed by atoms with van der Waals surface area (Å²) in [4.78, 5) is 11.4. The van der Waals surface area contributed by atoms with Gasteiger partial charge in [-0.3, -0.25) is 4.90 Å². The lowest BCUT2D eigenvalue weighted by molar-refractivity contribution is 0.298. The number of hydrogen-bond donors (Lipinski definition) is 1. The van der Waals surface area contributed by atoms with Crippen molar-refractivity contribution in [1.29, 1.82) is 0 Å². The first-order valence-corrected chi connectivity index (χ1v) is 7.22. The van der Waals surface area contributed by atoms with Crippen molar-refractivity contribution in [3.63, 3.8) is 0 Å². The lowest BCUT2D eigenvalue weighted by Crippen LogP contribution is -2.26. The van der Waals surface area contributed by atoms with Crippen LogP contribution in [-0.4, -0.2) is 33.3 Å². The SMILES string of the molecule is CC(C)N1CS/C(=C\c2c[nH]c3ncccc23)C1. The highest BCUT2D eigenvalue weighted by Gasteiger charge is 2.19. The predicted octanol–water partition coefficient (Wildman–Crippen LogP) is 3.32. The average Bonchev–Trinajstić information content (AvgIpc) is 2.98. The number of nitrogens with zero attached hydrogens (tertiary/aromatic N) is 2. The zero-order valence-electron chi connectivity index (χ0n) is 10.7. The summed E-state index contributed by atoms with van der Waals surface area (Å²) in [7, 11) is 0. The maximum absolute atomic E-state index is 4.32. The molecule has 1 N–H and O–H groups in total. The Morgan fingerprint density at radius 3 is 3.17 bits per heavy atom. The van der Waals surface area contributed by atoms with E-state index in [1.807, 2.05) is 30.2 Å². The lowest BCUT2D eigenvalue weighted by Gasteiger charge is -2.17. The highest BCUT2D eigenvalue weighted by atomic mass is 32.2. The number of pyridine rings is 1. The van der Waals surface area contributed by atoms with Crippen molar-refractivity contribution < 1.29 is 0 Å². The maximum atomic E-state index is 4.32. The van der Waals surface area contributed by atoms with Crippen molar-refractivity contribution >= 4 is 28.9 Å². The molecule has 0 bridgehead atoms. The Bertz CT molecular complexity index is 585. The van der Waals surface area contributed by atoms with E-state index >= 15 is 0 Å². The van der Waals surface area contributed by atoms with Crippen LogP contribution in [0, 0.1) is 0 Å². The monoisotopic (exact) mass is 259 g/mol. The molecule has 0 aliphatic carbocycles. The van der Waals surface area contributed by atoms with Crippen LogP contribution in [-0.2, 0) is 0 Å². The van der Waals surface area contributed by atoms with Crippen LogP contribution < -0.4 is 0 Å². The molecular formula is C14H17N3S. The third-order valence-corrected chi connectivity index (χ3v) is 4.38. The quantitative estimate of drug-likeness (QED) is 0.898. The minimum atomic E-state index is 0.619. The van der Waals surface area contributed by atoms with Gasteiger partial charge in [0.15, 0.2) is 0 Å². The van der Waals surface area contributed by atoms with E-state index in [2.05, 4.69) is 40.9 Å². The number of thioether (sulfide) groups is 1. The molecule has 4 heteroatoms. The number of fused-ring (bicyclic) bond motifs is 1. The zero-order valence-corrected chi connectivity index (χ0v) is 11.5. The Morgan fingerprint density at radius 2 is 2.39 bits per heavy atom. The Kier molecular flexibility index (Phi) is 3.14. The standard InChI is InChI=1S/C14H17N3S/c1-10(2)17-8-12(18-9-17)6-11-7-16-14-13(11)4-3-5-15-14/h3-7,10H,8-9H2,1-2H3,(H,15,16)/b12-6-. The Hall–Kier alpha value is -1.26. The van der Waals surface area contributed by atoms with E-state index in [4.69, 9.17) is 0 Å². The van der Waals surface area contributed by atoms with Gasteiger partial charge in [-0.05, 0) is 32.1 Å². The normalized spacial score (nSPS) is 19.4. The molecule has 2 aromatic heterocycles. The lowest BCUT2D eigenvalue weighted by atomic mass is 10.2. The molecule has 0 unspecified atom stereocenters. The van der Waals surface area contributed by atoms with Crippen molar-refractivity contribution in [3.8, 4) is 0 Å². The van der Waals surface area contributed by atoms with Gasteiger partial charge in [0.2, 0.25) is 0 Å². The van der Waals surface area contributed by atoms with Crippen LogP contribution in [0.5, 0.6) is 0 Å². The molecule has 3 rings (SSSR count). The molecule has 1 saturated heterocycles. The van der Waals surface area contributed by atoms with E-state index in [1.165, 1.54) is 15.9 Å². The van der Waals surface area contributed by atoms with Crippen molar-refractivity contribution in [1.82, 2.24) is 14.9 Å². The molecule has 0 saturated carbocycles. The van der Waals surface area contributed by atoms with Gasteiger partial charge >= 0.3 is 0 Å². The zero-order chi connectivity index (χ0) is 12.5. The third-order valence-electron chi connectivity index (χ3n) is 3.30. The molecule has 3 heterocycles. The summed E-state index contributed by atoms with van der Waals surface area (Å²) in [6.07, 6.45) is 6.15. The van der Waals surface area contributed by atoms with Crippen LogP contribution in [0.2, 0.25) is 0 Å². The van der Waals surface area contributed by atoms with Crippen molar-refractivity contribution in [2.75, 3.05) is 12.4 Å². The van der Waals surface area contributed by atoms with Gasteiger partial charge in [-0.15, -0.1) is 11.8 Å². The predicted molar refractivity (Wildman–Crippen MR) is 78.4 cm³/mol. The molecule has 1 aliphatic rings. The summed E-state index contributed by atoms with van der Waals surface area (Å²) < 4.78 is 0. The highest BCUT2D eigenvalue weighted by molar-refractivity contribution is 8.03. The summed E-state index contributed by atoms with van der Waals surface area (Å²) in [5, 5.41) is 1.20. The molecule has 0 amide bonds. The van der Waals surface area contributed by atoms with Gasteiger partial charge in [-0.25, -0.2) is 4.98 Å². The molecule has 1 fully saturated rings. The van der Waals surface area contributed by atoms with Crippen LogP contribution in [0.1, 0.15) is 19.4 Å². The number of hydrogen-bond acceptors (Lipinski definition) is 3. The largest absolute Gasteiger partial charge is 0.346 e. The Balaban J connectivity index is 1.88. The average molecular weight is 259 g/mol. The molecule has 0 atom stereocenters. The number of rotatable bonds is 2. The molecule has 18 heavy (non-hydrogen) atoms. The second-order valence-corrected chi connectivity index (χ2v) is 5.94. The first-order chi connectivity index (χ1) is 8.74. The van der Waals surface area contributed by atoms with Crippen molar-refractivity contribution in [2.24, 2.45) is 0 Å². The summed E-state index contributed by atoms with van der Waals surface area (Å²) in [6.45, 7) is 5.56. The molecule has 0 spiro atoms. The second kappa shape index (κ2) is 4.78. The minimum absolute atomic E-state index is 0.619. The molecular weight excluding hydrogens is 242 g/mol. The maximum Gasteiger partial charge on any atom is 0.137 e. The molecule has 2 aromatic rings. The Labute approximate surface area is 111 Å². The van der Waals surface area contributed by atoms with Gasteiger partial charge in [0.25, 0.3) is 0 Å². The molecule has 0 radical (unpaired) electrons. The van der Waals surface area contributed by atoms with E-state index in [0.717, 1.165) is 18.1 Å². The highest BCUT2D eigenvalue weighted by Crippen LogP contribution is 2.31. The first-order valence-electron chi connectivity index (χ1n) is 6.23. The number of H-pyrrole nitrogens is 1. The molecule has 1 aliphatic heterocycles. The van der Waals surface area contributed by atoms with Crippen molar-refractivity contribution in [2.45, 2.75) is 19.9 Å². The van der Waals surface area contributed by atoms with E-state index in [0.29, 0.717) is 6.04 Å². The molecule has 94 valence electrons. The Morgan fingerprint density at radius 1 is 1.50 bits per heavy atom. The van der Waals surface area contributed by atoms with Crippen LogP contribution in [0.3, 0.4) is 0 Å². The van der Waals surface area contributed by atoms with Gasteiger partial charge in [-0.2, -0.15) is 0 Å².